The summed E-state index contributed by atoms with van der Waals surface area (Å²) in [6, 6.07) is 0.393. The normalized spacial score (nSPS) is 22.9. The first-order valence-electron chi connectivity index (χ1n) is 5.59. The quantitative estimate of drug-likeness (QED) is 0.890. The van der Waals surface area contributed by atoms with Gasteiger partial charge in [0.15, 0.2) is 0 Å². The highest BCUT2D eigenvalue weighted by molar-refractivity contribution is 8.06. The molecule has 0 amide bonds. The summed E-state index contributed by atoms with van der Waals surface area (Å²) in [4.78, 5) is 8.23. The molecule has 88 valence electrons. The van der Waals surface area contributed by atoms with Crippen molar-refractivity contribution in [1.82, 2.24) is 15.3 Å². The first-order chi connectivity index (χ1) is 7.92. The van der Waals surface area contributed by atoms with Gasteiger partial charge in [0, 0.05) is 46.5 Å². The van der Waals surface area contributed by atoms with Crippen molar-refractivity contribution < 1.29 is 0 Å². The predicted octanol–water partition coefficient (Wildman–Crippen LogP) is 1.98. The van der Waals surface area contributed by atoms with Crippen LogP contribution in [0.5, 0.6) is 0 Å². The van der Waals surface area contributed by atoms with Crippen LogP contribution in [0.1, 0.15) is 18.5 Å². The monoisotopic (exact) mass is 255 g/mol. The third-order valence-corrected chi connectivity index (χ3v) is 5.44. The van der Waals surface area contributed by atoms with Gasteiger partial charge >= 0.3 is 0 Å². The van der Waals surface area contributed by atoms with Crippen LogP contribution in [0.2, 0.25) is 0 Å². The fraction of sp³-hybridized carbons (Fsp3) is 0.636. The molecular weight excluding hydrogens is 238 g/mol. The molecule has 0 aromatic carbocycles. The molecule has 1 aromatic rings. The molecule has 0 bridgehead atoms. The zero-order chi connectivity index (χ0) is 11.2. The summed E-state index contributed by atoms with van der Waals surface area (Å²) in [6.07, 6.45) is 5.45. The molecule has 0 radical (unpaired) electrons. The number of aromatic nitrogens is 2. The van der Waals surface area contributed by atoms with Gasteiger partial charge < -0.3 is 5.32 Å². The molecule has 2 unspecified atom stereocenters. The Morgan fingerprint density at radius 3 is 2.88 bits per heavy atom. The van der Waals surface area contributed by atoms with Gasteiger partial charge in [0.25, 0.3) is 0 Å². The topological polar surface area (TPSA) is 37.8 Å². The average Bonchev–Trinajstić information content (AvgIpc) is 2.38. The molecule has 0 spiro atoms. The van der Waals surface area contributed by atoms with Crippen molar-refractivity contribution in [3.63, 3.8) is 0 Å². The van der Waals surface area contributed by atoms with Crippen molar-refractivity contribution in [3.05, 3.63) is 24.3 Å². The zero-order valence-corrected chi connectivity index (χ0v) is 11.1. The number of hydrogen-bond donors (Lipinski definition) is 1. The van der Waals surface area contributed by atoms with E-state index < -0.39 is 0 Å². The third-order valence-electron chi connectivity index (χ3n) is 2.58. The van der Waals surface area contributed by atoms with E-state index in [9.17, 15) is 0 Å². The second-order valence-electron chi connectivity index (χ2n) is 3.69. The van der Waals surface area contributed by atoms with Crippen molar-refractivity contribution in [1.29, 1.82) is 0 Å². The molecule has 1 aliphatic heterocycles. The van der Waals surface area contributed by atoms with Crippen LogP contribution in [-0.2, 0) is 0 Å². The fourth-order valence-electron chi connectivity index (χ4n) is 1.85. The van der Waals surface area contributed by atoms with Crippen molar-refractivity contribution in [2.45, 2.75) is 18.2 Å². The van der Waals surface area contributed by atoms with E-state index in [1.54, 1.807) is 6.33 Å². The molecule has 1 aliphatic rings. The third kappa shape index (κ3) is 3.12. The molecule has 1 saturated heterocycles. The average molecular weight is 255 g/mol. The highest BCUT2D eigenvalue weighted by Gasteiger charge is 2.25. The minimum Gasteiger partial charge on any atom is -0.309 e. The molecule has 1 aromatic heterocycles. The van der Waals surface area contributed by atoms with E-state index in [-0.39, 0.29) is 0 Å². The number of hydrogen-bond acceptors (Lipinski definition) is 5. The van der Waals surface area contributed by atoms with Gasteiger partial charge in [-0.3, -0.25) is 0 Å². The number of nitrogens with zero attached hydrogens (tertiary/aromatic N) is 2. The summed E-state index contributed by atoms with van der Waals surface area (Å²) in [7, 11) is 0. The second-order valence-corrected chi connectivity index (χ2v) is 6.19. The lowest BCUT2D eigenvalue weighted by atomic mass is 10.1. The van der Waals surface area contributed by atoms with Gasteiger partial charge in [0.05, 0.1) is 0 Å². The molecule has 0 saturated carbocycles. The van der Waals surface area contributed by atoms with E-state index in [0.717, 1.165) is 6.54 Å². The Morgan fingerprint density at radius 1 is 1.44 bits per heavy atom. The Morgan fingerprint density at radius 2 is 2.25 bits per heavy atom. The van der Waals surface area contributed by atoms with Gasteiger partial charge in [-0.05, 0) is 6.54 Å². The lowest BCUT2D eigenvalue weighted by Gasteiger charge is -2.29. The Kier molecular flexibility index (Phi) is 4.93. The highest BCUT2D eigenvalue weighted by Crippen LogP contribution is 2.33. The van der Waals surface area contributed by atoms with Gasteiger partial charge in [0.1, 0.15) is 6.33 Å². The van der Waals surface area contributed by atoms with Crippen LogP contribution in [0, 0.1) is 0 Å². The largest absolute Gasteiger partial charge is 0.309 e. The SMILES string of the molecule is CCNC(c1cncnc1)C1CSCCS1. The molecule has 5 heteroatoms. The van der Waals surface area contributed by atoms with Crippen LogP contribution < -0.4 is 5.32 Å². The molecule has 0 aliphatic carbocycles. The Balaban J connectivity index is 2.09. The summed E-state index contributed by atoms with van der Waals surface area (Å²) in [5.74, 6) is 3.76. The van der Waals surface area contributed by atoms with E-state index in [0.29, 0.717) is 11.3 Å². The van der Waals surface area contributed by atoms with Gasteiger partial charge in [0.2, 0.25) is 0 Å². The summed E-state index contributed by atoms with van der Waals surface area (Å²) in [5.41, 5.74) is 1.21. The summed E-state index contributed by atoms with van der Waals surface area (Å²) < 4.78 is 0. The highest BCUT2D eigenvalue weighted by atomic mass is 32.2. The van der Waals surface area contributed by atoms with Gasteiger partial charge in [-0.1, -0.05) is 6.92 Å². The van der Waals surface area contributed by atoms with E-state index in [1.165, 1.54) is 22.8 Å². The van der Waals surface area contributed by atoms with Crippen LogP contribution >= 0.6 is 23.5 Å². The zero-order valence-electron chi connectivity index (χ0n) is 9.43. The van der Waals surface area contributed by atoms with Crippen LogP contribution in [0.3, 0.4) is 0 Å². The molecule has 2 heterocycles. The maximum absolute atomic E-state index is 4.12. The van der Waals surface area contributed by atoms with Crippen LogP contribution in [0.15, 0.2) is 18.7 Å². The Bertz CT molecular complexity index is 301. The number of thioether (sulfide) groups is 2. The minimum atomic E-state index is 0.393. The molecule has 1 fully saturated rings. The lowest BCUT2D eigenvalue weighted by Crippen LogP contribution is -2.33. The number of nitrogens with one attached hydrogen (secondary N) is 1. The molecule has 1 N–H and O–H groups in total. The summed E-state index contributed by atoms with van der Waals surface area (Å²) >= 11 is 4.12. The Labute approximate surface area is 105 Å². The minimum absolute atomic E-state index is 0.393. The maximum atomic E-state index is 4.12. The molecular formula is C11H17N3S2. The molecule has 2 atom stereocenters. The molecule has 2 rings (SSSR count). The van der Waals surface area contributed by atoms with Gasteiger partial charge in [-0.2, -0.15) is 23.5 Å². The lowest BCUT2D eigenvalue weighted by molar-refractivity contribution is 0.547. The van der Waals surface area contributed by atoms with E-state index in [2.05, 4.69) is 45.7 Å². The van der Waals surface area contributed by atoms with Gasteiger partial charge in [-0.25, -0.2) is 9.97 Å². The Hall–Kier alpha value is -0.260. The first kappa shape index (κ1) is 12.2. The first-order valence-corrected chi connectivity index (χ1v) is 7.79. The van der Waals surface area contributed by atoms with Gasteiger partial charge in [-0.15, -0.1) is 0 Å². The second kappa shape index (κ2) is 6.47. The van der Waals surface area contributed by atoms with Crippen LogP contribution in [-0.4, -0.2) is 39.0 Å². The fourth-order valence-corrected chi connectivity index (χ4v) is 4.72. The van der Waals surface area contributed by atoms with Crippen molar-refractivity contribution >= 4 is 23.5 Å². The number of rotatable bonds is 4. The molecule has 16 heavy (non-hydrogen) atoms. The molecule has 3 nitrogen and oxygen atoms in total. The van der Waals surface area contributed by atoms with E-state index in [4.69, 9.17) is 0 Å². The smallest absolute Gasteiger partial charge is 0.115 e. The van der Waals surface area contributed by atoms with Crippen molar-refractivity contribution in [2.24, 2.45) is 0 Å². The van der Waals surface area contributed by atoms with E-state index in [1.807, 2.05) is 12.4 Å². The van der Waals surface area contributed by atoms with Crippen molar-refractivity contribution in [3.8, 4) is 0 Å². The van der Waals surface area contributed by atoms with Crippen LogP contribution in [0.4, 0.5) is 0 Å². The van der Waals surface area contributed by atoms with Crippen LogP contribution in [0.25, 0.3) is 0 Å². The van der Waals surface area contributed by atoms with E-state index >= 15 is 0 Å². The standard InChI is InChI=1S/C11H17N3S2/c1-2-14-11(9-5-12-8-13-6-9)10-7-15-3-4-16-10/h5-6,8,10-11,14H,2-4,7H2,1H3. The summed E-state index contributed by atoms with van der Waals surface area (Å²) in [5, 5.41) is 4.20. The maximum Gasteiger partial charge on any atom is 0.115 e. The van der Waals surface area contributed by atoms with Crippen molar-refractivity contribution in [2.75, 3.05) is 23.8 Å². The summed E-state index contributed by atoms with van der Waals surface area (Å²) in [6.45, 7) is 3.14. The predicted molar refractivity (Wildman–Crippen MR) is 72.0 cm³/mol.